The molecule has 2 aromatic heterocycles. The number of hydrogen-bond donors (Lipinski definition) is 5. The van der Waals surface area contributed by atoms with Crippen LogP contribution in [0.1, 0.15) is 19.0 Å². The summed E-state index contributed by atoms with van der Waals surface area (Å²) < 4.78 is 6.43. The van der Waals surface area contributed by atoms with Crippen molar-refractivity contribution >= 4 is 33.3 Å². The second-order valence-electron chi connectivity index (χ2n) is 7.88. The van der Waals surface area contributed by atoms with Gasteiger partial charge in [0.2, 0.25) is 5.95 Å². The van der Waals surface area contributed by atoms with Gasteiger partial charge in [0, 0.05) is 25.7 Å². The summed E-state index contributed by atoms with van der Waals surface area (Å²) in [5.41, 5.74) is 2.40. The van der Waals surface area contributed by atoms with Gasteiger partial charge < -0.3 is 30.7 Å². The molecule has 0 radical (unpaired) electrons. The van der Waals surface area contributed by atoms with Gasteiger partial charge in [0.15, 0.2) is 0 Å². The van der Waals surface area contributed by atoms with Crippen molar-refractivity contribution < 1.29 is 20.1 Å². The molecule has 10 heteroatoms. The number of nitrogens with one attached hydrogen (secondary N) is 2. The third kappa shape index (κ3) is 4.69. The first-order valence-corrected chi connectivity index (χ1v) is 11.6. The fourth-order valence-corrected chi connectivity index (χ4v) is 5.06. The number of para-hydroxylation sites is 1. The molecule has 0 spiro atoms. The highest BCUT2D eigenvalue weighted by Gasteiger charge is 2.41. The molecule has 2 heterocycles. The SMILES string of the molecule is CCOCCNc1nc(C)c(-c2nc3ccccc3s2)c(N[C@@H]2C[C@H](CO)[C@@H](O)[C@H]2O)n1. The Bertz CT molecular complexity index is 1030. The minimum atomic E-state index is -1.01. The molecular weight excluding hydrogens is 430 g/mol. The van der Waals surface area contributed by atoms with E-state index in [1.807, 2.05) is 38.1 Å². The van der Waals surface area contributed by atoms with Crippen LogP contribution < -0.4 is 10.6 Å². The summed E-state index contributed by atoms with van der Waals surface area (Å²) >= 11 is 1.55. The van der Waals surface area contributed by atoms with Crippen LogP contribution in [0.2, 0.25) is 0 Å². The third-order valence-corrected chi connectivity index (χ3v) is 6.74. The van der Waals surface area contributed by atoms with Crippen molar-refractivity contribution in [2.45, 2.75) is 38.5 Å². The summed E-state index contributed by atoms with van der Waals surface area (Å²) in [6.45, 7) is 5.39. The Kier molecular flexibility index (Phi) is 7.17. The van der Waals surface area contributed by atoms with E-state index in [9.17, 15) is 15.3 Å². The predicted octanol–water partition coefficient (Wildman–Crippen LogP) is 2.02. The van der Waals surface area contributed by atoms with Crippen LogP contribution in [0.15, 0.2) is 24.3 Å². The van der Waals surface area contributed by atoms with Gasteiger partial charge in [-0.1, -0.05) is 12.1 Å². The van der Waals surface area contributed by atoms with Crippen LogP contribution in [0.3, 0.4) is 0 Å². The van der Waals surface area contributed by atoms with Gasteiger partial charge in [0.25, 0.3) is 0 Å². The number of fused-ring (bicyclic) bond motifs is 1. The van der Waals surface area contributed by atoms with E-state index >= 15 is 0 Å². The largest absolute Gasteiger partial charge is 0.396 e. The second-order valence-corrected chi connectivity index (χ2v) is 8.91. The summed E-state index contributed by atoms with van der Waals surface area (Å²) in [6, 6.07) is 7.45. The minimum absolute atomic E-state index is 0.186. The number of rotatable bonds is 9. The first-order chi connectivity index (χ1) is 15.5. The fourth-order valence-electron chi connectivity index (χ4n) is 4.00. The van der Waals surface area contributed by atoms with Crippen LogP contribution >= 0.6 is 11.3 Å². The molecule has 1 aliphatic rings. The molecule has 9 nitrogen and oxygen atoms in total. The highest BCUT2D eigenvalue weighted by molar-refractivity contribution is 7.21. The number of aliphatic hydroxyl groups is 3. The number of thiazole rings is 1. The Morgan fingerprint density at radius 2 is 1.97 bits per heavy atom. The van der Waals surface area contributed by atoms with Gasteiger partial charge in [-0.05, 0) is 32.4 Å². The van der Waals surface area contributed by atoms with E-state index in [0.29, 0.717) is 37.9 Å². The molecule has 5 N–H and O–H groups in total. The molecule has 1 fully saturated rings. The number of nitrogens with zero attached hydrogens (tertiary/aromatic N) is 3. The Morgan fingerprint density at radius 1 is 1.16 bits per heavy atom. The molecule has 0 bridgehead atoms. The van der Waals surface area contributed by atoms with Crippen molar-refractivity contribution in [2.75, 3.05) is 37.0 Å². The van der Waals surface area contributed by atoms with Crippen LogP contribution in [-0.2, 0) is 4.74 Å². The van der Waals surface area contributed by atoms with E-state index in [2.05, 4.69) is 20.6 Å². The van der Waals surface area contributed by atoms with E-state index in [0.717, 1.165) is 26.5 Å². The number of benzene rings is 1. The van der Waals surface area contributed by atoms with Gasteiger partial charge in [-0.3, -0.25) is 0 Å². The number of hydrogen-bond acceptors (Lipinski definition) is 10. The molecule has 4 atom stereocenters. The average Bonchev–Trinajstić information content (AvgIpc) is 3.32. The van der Waals surface area contributed by atoms with Crippen LogP contribution in [0.25, 0.3) is 20.8 Å². The summed E-state index contributed by atoms with van der Waals surface area (Å²) in [5, 5.41) is 37.5. The highest BCUT2D eigenvalue weighted by Crippen LogP contribution is 2.38. The second kappa shape index (κ2) is 10.1. The lowest BCUT2D eigenvalue weighted by atomic mass is 10.1. The van der Waals surface area contributed by atoms with E-state index in [1.165, 1.54) is 0 Å². The molecular formula is C22H29N5O4S. The number of aliphatic hydroxyl groups excluding tert-OH is 3. The predicted molar refractivity (Wildman–Crippen MR) is 125 cm³/mol. The Labute approximate surface area is 190 Å². The minimum Gasteiger partial charge on any atom is -0.396 e. The number of aromatic nitrogens is 3. The van der Waals surface area contributed by atoms with Crippen molar-refractivity contribution in [3.8, 4) is 10.6 Å². The zero-order valence-electron chi connectivity index (χ0n) is 18.2. The van der Waals surface area contributed by atoms with E-state index in [-0.39, 0.29) is 12.5 Å². The maximum absolute atomic E-state index is 10.5. The molecule has 1 aromatic carbocycles. The molecule has 3 aromatic rings. The first-order valence-electron chi connectivity index (χ1n) is 10.8. The fraction of sp³-hybridized carbons (Fsp3) is 0.500. The quantitative estimate of drug-likeness (QED) is 0.305. The van der Waals surface area contributed by atoms with Crippen LogP contribution in [0.4, 0.5) is 11.8 Å². The number of aryl methyl sites for hydroxylation is 1. The summed E-state index contributed by atoms with van der Waals surface area (Å²) in [7, 11) is 0. The van der Waals surface area contributed by atoms with Crippen molar-refractivity contribution in [1.82, 2.24) is 15.0 Å². The molecule has 1 aliphatic carbocycles. The van der Waals surface area contributed by atoms with Crippen molar-refractivity contribution in [3.05, 3.63) is 30.0 Å². The van der Waals surface area contributed by atoms with Gasteiger partial charge in [-0.15, -0.1) is 11.3 Å². The molecule has 0 amide bonds. The van der Waals surface area contributed by atoms with Gasteiger partial charge >= 0.3 is 0 Å². The normalized spacial score (nSPS) is 23.0. The highest BCUT2D eigenvalue weighted by atomic mass is 32.1. The van der Waals surface area contributed by atoms with E-state index in [4.69, 9.17) is 9.72 Å². The topological polar surface area (TPSA) is 133 Å². The number of ether oxygens (including phenoxy) is 1. The zero-order chi connectivity index (χ0) is 22.7. The van der Waals surface area contributed by atoms with E-state index < -0.39 is 18.2 Å². The number of anilines is 2. The maximum atomic E-state index is 10.5. The van der Waals surface area contributed by atoms with Gasteiger partial charge in [0.05, 0.1) is 40.2 Å². The summed E-state index contributed by atoms with van der Waals surface area (Å²) in [6.07, 6.45) is -1.58. The lowest BCUT2D eigenvalue weighted by Gasteiger charge is -2.21. The lowest BCUT2D eigenvalue weighted by Crippen LogP contribution is -2.35. The standard InChI is InChI=1S/C22H29N5O4S/c1-3-31-9-8-23-22-24-12(2)17(21-26-14-6-4-5-7-16(14)32-21)20(27-22)25-15-10-13(11-28)18(29)19(15)30/h4-7,13,15,18-19,28-30H,3,8-11H2,1-2H3,(H2,23,24,25,27)/t13-,15-,18-,19+/m1/s1. The molecule has 0 saturated heterocycles. The molecule has 4 rings (SSSR count). The smallest absolute Gasteiger partial charge is 0.224 e. The van der Waals surface area contributed by atoms with Crippen LogP contribution in [0, 0.1) is 12.8 Å². The van der Waals surface area contributed by atoms with Crippen molar-refractivity contribution in [2.24, 2.45) is 5.92 Å². The van der Waals surface area contributed by atoms with Crippen LogP contribution in [-0.4, -0.2) is 74.9 Å². The zero-order valence-corrected chi connectivity index (χ0v) is 19.0. The van der Waals surface area contributed by atoms with E-state index in [1.54, 1.807) is 11.3 Å². The summed E-state index contributed by atoms with van der Waals surface area (Å²) in [5.74, 6) is 0.590. The van der Waals surface area contributed by atoms with Crippen LogP contribution in [0.5, 0.6) is 0 Å². The molecule has 172 valence electrons. The average molecular weight is 460 g/mol. The Morgan fingerprint density at radius 3 is 2.69 bits per heavy atom. The molecule has 0 aliphatic heterocycles. The van der Waals surface area contributed by atoms with Gasteiger partial charge in [0.1, 0.15) is 16.9 Å². The lowest BCUT2D eigenvalue weighted by molar-refractivity contribution is 0.00446. The Hall–Kier alpha value is -2.37. The van der Waals surface area contributed by atoms with Gasteiger partial charge in [-0.2, -0.15) is 4.98 Å². The first kappa shape index (κ1) is 22.8. The van der Waals surface area contributed by atoms with Gasteiger partial charge in [-0.25, -0.2) is 9.97 Å². The molecule has 32 heavy (non-hydrogen) atoms. The Balaban J connectivity index is 1.69. The monoisotopic (exact) mass is 459 g/mol. The third-order valence-electron chi connectivity index (χ3n) is 5.69. The van der Waals surface area contributed by atoms with Crippen molar-refractivity contribution in [1.29, 1.82) is 0 Å². The van der Waals surface area contributed by atoms with Crippen molar-refractivity contribution in [3.63, 3.8) is 0 Å². The summed E-state index contributed by atoms with van der Waals surface area (Å²) in [4.78, 5) is 14.1. The molecule has 1 saturated carbocycles. The molecule has 0 unspecified atom stereocenters. The maximum Gasteiger partial charge on any atom is 0.224 e.